The van der Waals surface area contributed by atoms with Crippen molar-refractivity contribution in [2.24, 2.45) is 7.05 Å². The van der Waals surface area contributed by atoms with Gasteiger partial charge < -0.3 is 9.67 Å². The standard InChI is InChI=1S/C16H22N2O/c1-4-13-5-7-14(8-6-13)16(2,19)10-9-15-17-11-12-18(15)3/h5-8,11-12,19H,4,9-10H2,1-3H3. The summed E-state index contributed by atoms with van der Waals surface area (Å²) in [5, 5.41) is 10.6. The number of aliphatic hydroxyl groups is 1. The Morgan fingerprint density at radius 2 is 1.95 bits per heavy atom. The Morgan fingerprint density at radius 3 is 2.47 bits per heavy atom. The molecule has 0 aliphatic carbocycles. The number of imidazole rings is 1. The van der Waals surface area contributed by atoms with Crippen LogP contribution in [0.15, 0.2) is 36.7 Å². The molecule has 1 aromatic heterocycles. The predicted molar refractivity (Wildman–Crippen MR) is 76.9 cm³/mol. The molecule has 0 aliphatic rings. The van der Waals surface area contributed by atoms with Gasteiger partial charge in [-0.05, 0) is 30.9 Å². The maximum atomic E-state index is 10.6. The van der Waals surface area contributed by atoms with E-state index < -0.39 is 5.60 Å². The Labute approximate surface area is 114 Å². The first-order valence-electron chi connectivity index (χ1n) is 6.81. The van der Waals surface area contributed by atoms with Crippen LogP contribution in [0.25, 0.3) is 0 Å². The molecule has 2 aromatic rings. The molecule has 1 heterocycles. The molecule has 0 aliphatic heterocycles. The Morgan fingerprint density at radius 1 is 1.26 bits per heavy atom. The molecular weight excluding hydrogens is 236 g/mol. The van der Waals surface area contributed by atoms with Crippen LogP contribution in [-0.4, -0.2) is 14.7 Å². The van der Waals surface area contributed by atoms with Crippen molar-refractivity contribution in [3.05, 3.63) is 53.6 Å². The van der Waals surface area contributed by atoms with Crippen LogP contribution < -0.4 is 0 Å². The van der Waals surface area contributed by atoms with Crippen molar-refractivity contribution in [3.8, 4) is 0 Å². The van der Waals surface area contributed by atoms with E-state index in [0.717, 1.165) is 24.2 Å². The largest absolute Gasteiger partial charge is 0.385 e. The highest BCUT2D eigenvalue weighted by Crippen LogP contribution is 2.26. The zero-order valence-corrected chi connectivity index (χ0v) is 11.9. The normalized spacial score (nSPS) is 14.3. The number of hydrogen-bond donors (Lipinski definition) is 1. The van der Waals surface area contributed by atoms with Gasteiger partial charge in [-0.15, -0.1) is 0 Å². The highest BCUT2D eigenvalue weighted by Gasteiger charge is 2.23. The summed E-state index contributed by atoms with van der Waals surface area (Å²) in [7, 11) is 1.98. The summed E-state index contributed by atoms with van der Waals surface area (Å²) in [6.07, 6.45) is 6.19. The van der Waals surface area contributed by atoms with Gasteiger partial charge in [0.1, 0.15) is 5.82 Å². The number of benzene rings is 1. The summed E-state index contributed by atoms with van der Waals surface area (Å²) in [6.45, 7) is 4.01. The molecule has 0 amide bonds. The lowest BCUT2D eigenvalue weighted by Crippen LogP contribution is -2.22. The number of aryl methyl sites for hydroxylation is 3. The molecule has 2 rings (SSSR count). The summed E-state index contributed by atoms with van der Waals surface area (Å²) in [5.74, 6) is 1.01. The Bertz CT molecular complexity index is 526. The van der Waals surface area contributed by atoms with E-state index in [-0.39, 0.29) is 0 Å². The molecule has 0 spiro atoms. The smallest absolute Gasteiger partial charge is 0.108 e. The van der Waals surface area contributed by atoms with E-state index in [0.29, 0.717) is 6.42 Å². The van der Waals surface area contributed by atoms with Crippen LogP contribution in [0.1, 0.15) is 37.2 Å². The second-order valence-corrected chi connectivity index (χ2v) is 5.28. The maximum Gasteiger partial charge on any atom is 0.108 e. The minimum Gasteiger partial charge on any atom is -0.385 e. The van der Waals surface area contributed by atoms with Crippen molar-refractivity contribution in [2.75, 3.05) is 0 Å². The Balaban J connectivity index is 2.06. The third kappa shape index (κ3) is 3.24. The first-order valence-corrected chi connectivity index (χ1v) is 6.81. The number of aromatic nitrogens is 2. The summed E-state index contributed by atoms with van der Waals surface area (Å²) < 4.78 is 2.00. The van der Waals surface area contributed by atoms with Gasteiger partial charge in [-0.2, -0.15) is 0 Å². The molecule has 0 saturated heterocycles. The lowest BCUT2D eigenvalue weighted by molar-refractivity contribution is 0.0473. The summed E-state index contributed by atoms with van der Waals surface area (Å²) in [4.78, 5) is 4.29. The first-order chi connectivity index (χ1) is 9.03. The van der Waals surface area contributed by atoms with Crippen LogP contribution in [0.2, 0.25) is 0 Å². The van der Waals surface area contributed by atoms with Crippen molar-refractivity contribution in [1.82, 2.24) is 9.55 Å². The summed E-state index contributed by atoms with van der Waals surface area (Å²) in [6, 6.07) is 8.23. The zero-order chi connectivity index (χ0) is 13.9. The SMILES string of the molecule is CCc1ccc(C(C)(O)CCc2nccn2C)cc1. The Kier molecular flexibility index (Phi) is 4.05. The average Bonchev–Trinajstić information content (AvgIpc) is 2.82. The molecule has 19 heavy (non-hydrogen) atoms. The molecule has 0 saturated carbocycles. The van der Waals surface area contributed by atoms with E-state index in [9.17, 15) is 5.11 Å². The average molecular weight is 258 g/mol. The molecule has 1 atom stereocenters. The van der Waals surface area contributed by atoms with E-state index >= 15 is 0 Å². The third-order valence-electron chi connectivity index (χ3n) is 3.74. The van der Waals surface area contributed by atoms with Crippen molar-refractivity contribution in [2.45, 2.75) is 38.7 Å². The molecule has 102 valence electrons. The monoisotopic (exact) mass is 258 g/mol. The molecule has 3 heteroatoms. The van der Waals surface area contributed by atoms with Crippen LogP contribution in [0.4, 0.5) is 0 Å². The Hall–Kier alpha value is -1.61. The number of nitrogens with zero attached hydrogens (tertiary/aromatic N) is 2. The van der Waals surface area contributed by atoms with Crippen molar-refractivity contribution >= 4 is 0 Å². The van der Waals surface area contributed by atoms with Gasteiger partial charge in [0.15, 0.2) is 0 Å². The van der Waals surface area contributed by atoms with Crippen LogP contribution in [0.3, 0.4) is 0 Å². The predicted octanol–water partition coefficient (Wildman–Crippen LogP) is 2.82. The minimum absolute atomic E-state index is 0.670. The molecule has 1 unspecified atom stereocenters. The van der Waals surface area contributed by atoms with E-state index in [4.69, 9.17) is 0 Å². The lowest BCUT2D eigenvalue weighted by Gasteiger charge is -2.24. The molecule has 3 nitrogen and oxygen atoms in total. The van der Waals surface area contributed by atoms with Gasteiger partial charge in [0.25, 0.3) is 0 Å². The first kappa shape index (κ1) is 13.8. The highest BCUT2D eigenvalue weighted by atomic mass is 16.3. The highest BCUT2D eigenvalue weighted by molar-refractivity contribution is 5.26. The van der Waals surface area contributed by atoms with Crippen molar-refractivity contribution in [1.29, 1.82) is 0 Å². The van der Waals surface area contributed by atoms with E-state index in [1.165, 1.54) is 5.56 Å². The lowest BCUT2D eigenvalue weighted by atomic mass is 9.90. The van der Waals surface area contributed by atoms with Crippen LogP contribution >= 0.6 is 0 Å². The maximum absolute atomic E-state index is 10.6. The fourth-order valence-corrected chi connectivity index (χ4v) is 2.24. The van der Waals surface area contributed by atoms with Gasteiger partial charge in [0, 0.05) is 25.9 Å². The summed E-state index contributed by atoms with van der Waals surface area (Å²) >= 11 is 0. The van der Waals surface area contributed by atoms with E-state index in [1.54, 1.807) is 6.20 Å². The summed E-state index contributed by atoms with van der Waals surface area (Å²) in [5.41, 5.74) is 1.46. The van der Waals surface area contributed by atoms with E-state index in [1.807, 2.05) is 36.9 Å². The minimum atomic E-state index is -0.807. The molecule has 0 bridgehead atoms. The van der Waals surface area contributed by atoms with Gasteiger partial charge in [0.2, 0.25) is 0 Å². The van der Waals surface area contributed by atoms with Gasteiger partial charge in [-0.3, -0.25) is 0 Å². The van der Waals surface area contributed by atoms with Crippen molar-refractivity contribution < 1.29 is 5.11 Å². The van der Waals surface area contributed by atoms with Crippen LogP contribution in [0, 0.1) is 0 Å². The second-order valence-electron chi connectivity index (χ2n) is 5.28. The van der Waals surface area contributed by atoms with Crippen molar-refractivity contribution in [3.63, 3.8) is 0 Å². The molecular formula is C16H22N2O. The van der Waals surface area contributed by atoms with Gasteiger partial charge >= 0.3 is 0 Å². The van der Waals surface area contributed by atoms with Gasteiger partial charge in [0.05, 0.1) is 5.60 Å². The number of hydrogen-bond acceptors (Lipinski definition) is 2. The fourth-order valence-electron chi connectivity index (χ4n) is 2.24. The molecule has 1 aromatic carbocycles. The third-order valence-corrected chi connectivity index (χ3v) is 3.74. The van der Waals surface area contributed by atoms with Crippen LogP contribution in [0.5, 0.6) is 0 Å². The van der Waals surface area contributed by atoms with Crippen LogP contribution in [-0.2, 0) is 25.5 Å². The number of rotatable bonds is 5. The molecule has 1 N–H and O–H groups in total. The topological polar surface area (TPSA) is 38.1 Å². The molecule has 0 fully saturated rings. The second kappa shape index (κ2) is 5.57. The molecule has 0 radical (unpaired) electrons. The fraction of sp³-hybridized carbons (Fsp3) is 0.438. The quantitative estimate of drug-likeness (QED) is 0.895. The van der Waals surface area contributed by atoms with Gasteiger partial charge in [-0.1, -0.05) is 31.2 Å². The van der Waals surface area contributed by atoms with E-state index in [2.05, 4.69) is 24.0 Å². The van der Waals surface area contributed by atoms with Gasteiger partial charge in [-0.25, -0.2) is 4.98 Å². The zero-order valence-electron chi connectivity index (χ0n) is 11.9.